The molecule has 0 saturated heterocycles. The minimum atomic E-state index is 0.291. The zero-order valence-electron chi connectivity index (χ0n) is 13.4. The zero-order chi connectivity index (χ0) is 16.7. The van der Waals surface area contributed by atoms with Crippen LogP contribution in [0, 0.1) is 0 Å². The number of ether oxygens (including phenoxy) is 2. The summed E-state index contributed by atoms with van der Waals surface area (Å²) in [5, 5.41) is 4.57. The molecule has 0 aliphatic carbocycles. The molecule has 0 aliphatic heterocycles. The molecule has 2 aromatic rings. The van der Waals surface area contributed by atoms with Crippen LogP contribution in [0.15, 0.2) is 36.4 Å². The second-order valence-electron chi connectivity index (χ2n) is 5.11. The first kappa shape index (κ1) is 17.9. The molecule has 0 amide bonds. The summed E-state index contributed by atoms with van der Waals surface area (Å²) in [6, 6.07) is 11.3. The number of hydrogen-bond donors (Lipinski definition) is 1. The summed E-state index contributed by atoms with van der Waals surface area (Å²) < 4.78 is 11.4. The summed E-state index contributed by atoms with van der Waals surface area (Å²) in [7, 11) is 1.63. The second kappa shape index (κ2) is 9.02. The third kappa shape index (κ3) is 4.77. The fourth-order valence-electron chi connectivity index (χ4n) is 2.24. The Morgan fingerprint density at radius 3 is 2.39 bits per heavy atom. The molecular weight excluding hydrogens is 333 g/mol. The molecule has 0 heterocycles. The van der Waals surface area contributed by atoms with Gasteiger partial charge in [0.05, 0.1) is 7.11 Å². The highest BCUT2D eigenvalue weighted by Gasteiger charge is 2.13. The van der Waals surface area contributed by atoms with Gasteiger partial charge in [-0.15, -0.1) is 0 Å². The Hall–Kier alpha value is -1.42. The van der Waals surface area contributed by atoms with Gasteiger partial charge in [-0.2, -0.15) is 0 Å². The van der Waals surface area contributed by atoms with Gasteiger partial charge in [0.15, 0.2) is 11.5 Å². The highest BCUT2D eigenvalue weighted by Crippen LogP contribution is 2.33. The van der Waals surface area contributed by atoms with Crippen LogP contribution in [0.4, 0.5) is 0 Å². The minimum absolute atomic E-state index is 0.291. The molecule has 0 unspecified atom stereocenters. The lowest BCUT2D eigenvalue weighted by Crippen LogP contribution is -2.15. The molecular formula is C18H21Cl2NO2. The molecule has 0 saturated carbocycles. The van der Waals surface area contributed by atoms with Gasteiger partial charge < -0.3 is 14.8 Å². The van der Waals surface area contributed by atoms with Crippen LogP contribution in [0.2, 0.25) is 10.0 Å². The van der Waals surface area contributed by atoms with E-state index in [1.807, 2.05) is 24.3 Å². The standard InChI is InChI=1S/C18H21Cl2NO2/c1-3-10-21-11-13-6-4-9-17(22-2)18(13)23-12-14-15(19)7-5-8-16(14)20/h4-9,21H,3,10-12H2,1-2H3. The van der Waals surface area contributed by atoms with E-state index in [-0.39, 0.29) is 0 Å². The first-order valence-corrected chi connectivity index (χ1v) is 8.35. The topological polar surface area (TPSA) is 30.5 Å². The number of halogens is 2. The third-order valence-electron chi connectivity index (χ3n) is 3.45. The average Bonchev–Trinajstić information content (AvgIpc) is 2.55. The summed E-state index contributed by atoms with van der Waals surface area (Å²) in [5.74, 6) is 1.42. The van der Waals surface area contributed by atoms with E-state index >= 15 is 0 Å². The number of benzene rings is 2. The van der Waals surface area contributed by atoms with Crippen LogP contribution in [0.3, 0.4) is 0 Å². The molecule has 2 aromatic carbocycles. The van der Waals surface area contributed by atoms with E-state index in [0.29, 0.717) is 22.4 Å². The molecule has 0 aromatic heterocycles. The normalized spacial score (nSPS) is 10.6. The van der Waals surface area contributed by atoms with Crippen molar-refractivity contribution in [3.05, 3.63) is 57.6 Å². The molecule has 23 heavy (non-hydrogen) atoms. The summed E-state index contributed by atoms with van der Waals surface area (Å²) in [4.78, 5) is 0. The highest BCUT2D eigenvalue weighted by atomic mass is 35.5. The van der Waals surface area contributed by atoms with Crippen molar-refractivity contribution in [2.75, 3.05) is 13.7 Å². The Kier molecular flexibility index (Phi) is 7.03. The van der Waals surface area contributed by atoms with Crippen molar-refractivity contribution < 1.29 is 9.47 Å². The molecule has 0 atom stereocenters. The van der Waals surface area contributed by atoms with Gasteiger partial charge in [-0.3, -0.25) is 0 Å². The Morgan fingerprint density at radius 1 is 1.04 bits per heavy atom. The largest absolute Gasteiger partial charge is 0.493 e. The van der Waals surface area contributed by atoms with E-state index in [9.17, 15) is 0 Å². The van der Waals surface area contributed by atoms with Crippen molar-refractivity contribution in [3.8, 4) is 11.5 Å². The van der Waals surface area contributed by atoms with Crippen LogP contribution in [0.5, 0.6) is 11.5 Å². The fraction of sp³-hybridized carbons (Fsp3) is 0.333. The average molecular weight is 354 g/mol. The van der Waals surface area contributed by atoms with E-state index in [1.54, 1.807) is 19.2 Å². The lowest BCUT2D eigenvalue weighted by molar-refractivity contribution is 0.281. The van der Waals surface area contributed by atoms with Crippen molar-refractivity contribution in [2.24, 2.45) is 0 Å². The first-order chi connectivity index (χ1) is 11.2. The van der Waals surface area contributed by atoms with E-state index in [0.717, 1.165) is 36.4 Å². The minimum Gasteiger partial charge on any atom is -0.493 e. The molecule has 0 bridgehead atoms. The van der Waals surface area contributed by atoms with E-state index < -0.39 is 0 Å². The summed E-state index contributed by atoms with van der Waals surface area (Å²) in [6.45, 7) is 4.10. The van der Waals surface area contributed by atoms with Crippen molar-refractivity contribution >= 4 is 23.2 Å². The van der Waals surface area contributed by atoms with E-state index in [4.69, 9.17) is 32.7 Å². The van der Waals surface area contributed by atoms with E-state index in [2.05, 4.69) is 12.2 Å². The number of rotatable bonds is 8. The SMILES string of the molecule is CCCNCc1cccc(OC)c1OCc1c(Cl)cccc1Cl. The van der Waals surface area contributed by atoms with Gasteiger partial charge in [0.2, 0.25) is 0 Å². The van der Waals surface area contributed by atoms with Gasteiger partial charge in [0.25, 0.3) is 0 Å². The van der Waals surface area contributed by atoms with Crippen LogP contribution in [-0.2, 0) is 13.2 Å². The van der Waals surface area contributed by atoms with Crippen LogP contribution in [0.25, 0.3) is 0 Å². The molecule has 0 aliphatic rings. The molecule has 1 N–H and O–H groups in total. The summed E-state index contributed by atoms with van der Waals surface area (Å²) in [6.07, 6.45) is 1.08. The summed E-state index contributed by atoms with van der Waals surface area (Å²) in [5.41, 5.74) is 1.81. The molecule has 2 rings (SSSR count). The smallest absolute Gasteiger partial charge is 0.166 e. The molecule has 0 radical (unpaired) electrons. The van der Waals surface area contributed by atoms with Gasteiger partial charge in [-0.1, -0.05) is 48.3 Å². The lowest BCUT2D eigenvalue weighted by Gasteiger charge is -2.16. The maximum absolute atomic E-state index is 6.20. The van der Waals surface area contributed by atoms with Crippen LogP contribution < -0.4 is 14.8 Å². The van der Waals surface area contributed by atoms with Crippen molar-refractivity contribution in [1.82, 2.24) is 5.32 Å². The van der Waals surface area contributed by atoms with Crippen LogP contribution >= 0.6 is 23.2 Å². The predicted molar refractivity (Wildman–Crippen MR) is 95.8 cm³/mol. The monoisotopic (exact) mass is 353 g/mol. The Morgan fingerprint density at radius 2 is 1.74 bits per heavy atom. The van der Waals surface area contributed by atoms with Gasteiger partial charge >= 0.3 is 0 Å². The lowest BCUT2D eigenvalue weighted by atomic mass is 10.1. The Labute approximate surface area is 147 Å². The quantitative estimate of drug-likeness (QED) is 0.671. The molecule has 3 nitrogen and oxygen atoms in total. The van der Waals surface area contributed by atoms with Gasteiger partial charge in [-0.05, 0) is 31.2 Å². The third-order valence-corrected chi connectivity index (χ3v) is 4.15. The number of nitrogens with one attached hydrogen (secondary N) is 1. The molecule has 0 spiro atoms. The van der Waals surface area contributed by atoms with Crippen LogP contribution in [-0.4, -0.2) is 13.7 Å². The van der Waals surface area contributed by atoms with Gasteiger partial charge in [0, 0.05) is 27.7 Å². The first-order valence-electron chi connectivity index (χ1n) is 7.59. The number of hydrogen-bond acceptors (Lipinski definition) is 3. The van der Waals surface area contributed by atoms with Gasteiger partial charge in [-0.25, -0.2) is 0 Å². The van der Waals surface area contributed by atoms with Crippen molar-refractivity contribution in [2.45, 2.75) is 26.5 Å². The van der Waals surface area contributed by atoms with Gasteiger partial charge in [0.1, 0.15) is 6.61 Å². The number of para-hydroxylation sites is 1. The molecule has 5 heteroatoms. The van der Waals surface area contributed by atoms with E-state index in [1.165, 1.54) is 0 Å². The maximum atomic E-state index is 6.20. The number of methoxy groups -OCH3 is 1. The fourth-order valence-corrected chi connectivity index (χ4v) is 2.75. The maximum Gasteiger partial charge on any atom is 0.166 e. The van der Waals surface area contributed by atoms with Crippen molar-refractivity contribution in [1.29, 1.82) is 0 Å². The molecule has 0 fully saturated rings. The summed E-state index contributed by atoms with van der Waals surface area (Å²) >= 11 is 12.4. The molecule has 124 valence electrons. The predicted octanol–water partition coefficient (Wildman–Crippen LogP) is 5.08. The second-order valence-corrected chi connectivity index (χ2v) is 5.93. The zero-order valence-corrected chi connectivity index (χ0v) is 14.9. The van der Waals surface area contributed by atoms with Crippen LogP contribution in [0.1, 0.15) is 24.5 Å². The van der Waals surface area contributed by atoms with Crippen molar-refractivity contribution in [3.63, 3.8) is 0 Å². The Bertz CT molecular complexity index is 627. The highest BCUT2D eigenvalue weighted by molar-refractivity contribution is 6.35. The Balaban J connectivity index is 2.20.